The van der Waals surface area contributed by atoms with E-state index in [4.69, 9.17) is 14.2 Å². The number of hydrogen-bond donors (Lipinski definition) is 0. The number of carbonyl (C=O) groups is 4. The van der Waals surface area contributed by atoms with Gasteiger partial charge in [-0.15, -0.1) is 0 Å². The van der Waals surface area contributed by atoms with Gasteiger partial charge in [0.1, 0.15) is 5.75 Å². The third kappa shape index (κ3) is 5.36. The molecule has 0 aliphatic heterocycles. The average Bonchev–Trinajstić information content (AvgIpc) is 2.80. The van der Waals surface area contributed by atoms with E-state index in [9.17, 15) is 19.2 Å². The summed E-state index contributed by atoms with van der Waals surface area (Å²) < 4.78 is 15.5. The van der Waals surface area contributed by atoms with Gasteiger partial charge in [-0.1, -0.05) is 37.5 Å². The standard InChI is InChI=1S/C24H24O7/c1-2-29-24(28)30-20-14-7-6-12-18(20)21(26)19-13-8-11-17(15-25)22(19)31-23(27)16-9-4-3-5-10-16/h6-8,11-16H,2-5,9-10H2,1H3. The van der Waals surface area contributed by atoms with Gasteiger partial charge in [-0.05, 0) is 44.0 Å². The monoisotopic (exact) mass is 424 g/mol. The molecule has 0 radical (unpaired) electrons. The summed E-state index contributed by atoms with van der Waals surface area (Å²) in [5, 5.41) is 0. The first-order valence-corrected chi connectivity index (χ1v) is 10.3. The number of rotatable bonds is 7. The number of carbonyl (C=O) groups excluding carboxylic acids is 4. The lowest BCUT2D eigenvalue weighted by atomic mass is 9.89. The maximum Gasteiger partial charge on any atom is 0.513 e. The van der Waals surface area contributed by atoms with Crippen LogP contribution in [0.3, 0.4) is 0 Å². The molecule has 0 amide bonds. The Bertz CT molecular complexity index is 974. The largest absolute Gasteiger partial charge is 0.513 e. The molecule has 0 N–H and O–H groups in total. The molecule has 7 nitrogen and oxygen atoms in total. The van der Waals surface area contributed by atoms with Crippen molar-refractivity contribution in [1.29, 1.82) is 0 Å². The minimum Gasteiger partial charge on any atom is -0.434 e. The minimum absolute atomic E-state index is 0.00649. The summed E-state index contributed by atoms with van der Waals surface area (Å²) in [7, 11) is 0. The molecule has 31 heavy (non-hydrogen) atoms. The number of ether oxygens (including phenoxy) is 3. The molecular formula is C24H24O7. The van der Waals surface area contributed by atoms with E-state index in [0.29, 0.717) is 6.29 Å². The summed E-state index contributed by atoms with van der Waals surface area (Å²) in [4.78, 5) is 49.3. The molecule has 2 aromatic carbocycles. The summed E-state index contributed by atoms with van der Waals surface area (Å²) in [6, 6.07) is 10.6. The van der Waals surface area contributed by atoms with Crippen molar-refractivity contribution in [2.75, 3.05) is 6.61 Å². The molecule has 1 fully saturated rings. The Morgan fingerprint density at radius 1 is 0.935 bits per heavy atom. The van der Waals surface area contributed by atoms with Gasteiger partial charge in [0.15, 0.2) is 12.0 Å². The third-order valence-electron chi connectivity index (χ3n) is 5.15. The number of para-hydroxylation sites is 2. The topological polar surface area (TPSA) is 96.0 Å². The Labute approximate surface area is 180 Å². The van der Waals surface area contributed by atoms with Gasteiger partial charge in [0.05, 0.1) is 29.2 Å². The molecule has 0 aromatic heterocycles. The molecular weight excluding hydrogens is 400 g/mol. The number of benzene rings is 2. The van der Waals surface area contributed by atoms with Crippen LogP contribution in [-0.2, 0) is 9.53 Å². The van der Waals surface area contributed by atoms with Crippen molar-refractivity contribution in [3.05, 3.63) is 59.2 Å². The first-order valence-electron chi connectivity index (χ1n) is 10.3. The van der Waals surface area contributed by atoms with E-state index in [1.54, 1.807) is 19.1 Å². The van der Waals surface area contributed by atoms with E-state index in [1.165, 1.54) is 30.3 Å². The fraction of sp³-hybridized carbons (Fsp3) is 0.333. The van der Waals surface area contributed by atoms with Crippen LogP contribution in [0, 0.1) is 5.92 Å². The van der Waals surface area contributed by atoms with Crippen LogP contribution in [0.4, 0.5) is 4.79 Å². The van der Waals surface area contributed by atoms with Gasteiger partial charge in [0.2, 0.25) is 5.78 Å². The molecule has 1 saturated carbocycles. The number of aldehydes is 1. The number of esters is 1. The highest BCUT2D eigenvalue weighted by Crippen LogP contribution is 2.31. The molecule has 0 saturated heterocycles. The SMILES string of the molecule is CCOC(=O)Oc1ccccc1C(=O)c1cccc(C=O)c1OC(=O)C1CCCCC1. The van der Waals surface area contributed by atoms with Gasteiger partial charge in [0, 0.05) is 0 Å². The van der Waals surface area contributed by atoms with E-state index in [2.05, 4.69) is 0 Å². The fourth-order valence-corrected chi connectivity index (χ4v) is 3.59. The van der Waals surface area contributed by atoms with E-state index in [0.717, 1.165) is 32.1 Å². The lowest BCUT2D eigenvalue weighted by molar-refractivity contribution is -0.140. The maximum absolute atomic E-state index is 13.3. The highest BCUT2D eigenvalue weighted by molar-refractivity contribution is 6.13. The van der Waals surface area contributed by atoms with E-state index in [1.807, 2.05) is 0 Å². The first kappa shape index (κ1) is 22.2. The Balaban J connectivity index is 1.94. The normalized spacial score (nSPS) is 13.8. The Morgan fingerprint density at radius 2 is 1.65 bits per heavy atom. The third-order valence-corrected chi connectivity index (χ3v) is 5.15. The molecule has 0 spiro atoms. The molecule has 2 aromatic rings. The van der Waals surface area contributed by atoms with Crippen LogP contribution in [0.1, 0.15) is 65.3 Å². The Morgan fingerprint density at radius 3 is 2.35 bits per heavy atom. The molecule has 1 aliphatic rings. The van der Waals surface area contributed by atoms with Crippen molar-refractivity contribution >= 4 is 24.2 Å². The van der Waals surface area contributed by atoms with Crippen molar-refractivity contribution in [3.8, 4) is 11.5 Å². The van der Waals surface area contributed by atoms with Gasteiger partial charge in [-0.2, -0.15) is 0 Å². The Hall–Kier alpha value is -3.48. The second kappa shape index (κ2) is 10.5. The molecule has 7 heteroatoms. The van der Waals surface area contributed by atoms with Crippen molar-refractivity contribution in [3.63, 3.8) is 0 Å². The van der Waals surface area contributed by atoms with Gasteiger partial charge >= 0.3 is 12.1 Å². The highest BCUT2D eigenvalue weighted by Gasteiger charge is 2.27. The van der Waals surface area contributed by atoms with Crippen molar-refractivity contribution < 1.29 is 33.4 Å². The second-order valence-electron chi connectivity index (χ2n) is 7.21. The molecule has 0 heterocycles. The molecule has 0 unspecified atom stereocenters. The van der Waals surface area contributed by atoms with Gasteiger partial charge in [-0.3, -0.25) is 14.4 Å². The van der Waals surface area contributed by atoms with Crippen molar-refractivity contribution in [1.82, 2.24) is 0 Å². The van der Waals surface area contributed by atoms with E-state index >= 15 is 0 Å². The molecule has 0 atom stereocenters. The van der Waals surface area contributed by atoms with Crippen molar-refractivity contribution in [2.24, 2.45) is 5.92 Å². The predicted octanol–water partition coefficient (Wildman–Crippen LogP) is 4.75. The zero-order chi connectivity index (χ0) is 22.2. The minimum atomic E-state index is -0.937. The number of ketones is 1. The summed E-state index contributed by atoms with van der Waals surface area (Å²) in [6.07, 6.45) is 4.02. The van der Waals surface area contributed by atoms with Crippen LogP contribution >= 0.6 is 0 Å². The summed E-state index contributed by atoms with van der Waals surface area (Å²) in [5.74, 6) is -1.32. The Kier molecular flexibility index (Phi) is 7.54. The van der Waals surface area contributed by atoms with Crippen LogP contribution < -0.4 is 9.47 Å². The van der Waals surface area contributed by atoms with Crippen LogP contribution in [0.2, 0.25) is 0 Å². The lowest BCUT2D eigenvalue weighted by Gasteiger charge is -2.21. The van der Waals surface area contributed by atoms with E-state index < -0.39 is 17.9 Å². The van der Waals surface area contributed by atoms with Crippen LogP contribution in [0.5, 0.6) is 11.5 Å². The highest BCUT2D eigenvalue weighted by atomic mass is 16.7. The quantitative estimate of drug-likeness (QED) is 0.208. The van der Waals surface area contributed by atoms with Gasteiger partial charge in [0.25, 0.3) is 0 Å². The summed E-state index contributed by atoms with van der Waals surface area (Å²) >= 11 is 0. The maximum atomic E-state index is 13.3. The molecule has 162 valence electrons. The zero-order valence-corrected chi connectivity index (χ0v) is 17.3. The summed E-state index contributed by atoms with van der Waals surface area (Å²) in [6.45, 7) is 1.76. The number of hydrogen-bond acceptors (Lipinski definition) is 7. The summed E-state index contributed by atoms with van der Waals surface area (Å²) in [5.41, 5.74) is 0.209. The predicted molar refractivity (Wildman–Crippen MR) is 112 cm³/mol. The molecule has 1 aliphatic carbocycles. The van der Waals surface area contributed by atoms with Gasteiger partial charge < -0.3 is 14.2 Å². The van der Waals surface area contributed by atoms with Gasteiger partial charge in [-0.25, -0.2) is 4.79 Å². The zero-order valence-electron chi connectivity index (χ0n) is 17.3. The molecule has 0 bridgehead atoms. The van der Waals surface area contributed by atoms with Crippen LogP contribution in [0.25, 0.3) is 0 Å². The van der Waals surface area contributed by atoms with Crippen molar-refractivity contribution in [2.45, 2.75) is 39.0 Å². The fourth-order valence-electron chi connectivity index (χ4n) is 3.59. The average molecular weight is 424 g/mol. The molecule has 3 rings (SSSR count). The van der Waals surface area contributed by atoms with E-state index in [-0.39, 0.29) is 40.7 Å². The smallest absolute Gasteiger partial charge is 0.434 e. The first-order chi connectivity index (χ1) is 15.0. The van der Waals surface area contributed by atoms with Crippen LogP contribution in [0.15, 0.2) is 42.5 Å². The van der Waals surface area contributed by atoms with Crippen LogP contribution in [-0.4, -0.2) is 30.8 Å². The lowest BCUT2D eigenvalue weighted by Crippen LogP contribution is -2.24. The second-order valence-corrected chi connectivity index (χ2v) is 7.21.